The van der Waals surface area contributed by atoms with E-state index < -0.39 is 0 Å². The Kier molecular flexibility index (Phi) is 5.33. The van der Waals surface area contributed by atoms with Gasteiger partial charge in [-0.15, -0.1) is 11.3 Å². The molecule has 0 spiro atoms. The molecule has 1 saturated heterocycles. The fourth-order valence-corrected chi connectivity index (χ4v) is 4.80. The first-order valence-electron chi connectivity index (χ1n) is 9.05. The van der Waals surface area contributed by atoms with Crippen LogP contribution >= 0.6 is 22.9 Å². The number of fused-ring (bicyclic) bond motifs is 1. The largest absolute Gasteiger partial charge is 0.497 e. The Morgan fingerprint density at radius 1 is 1.04 bits per heavy atom. The zero-order valence-electron chi connectivity index (χ0n) is 15.8. The van der Waals surface area contributed by atoms with Crippen molar-refractivity contribution < 1.29 is 14.3 Å². The smallest absolute Gasteiger partial charge is 0.267 e. The van der Waals surface area contributed by atoms with Gasteiger partial charge >= 0.3 is 0 Å². The molecule has 2 heterocycles. The van der Waals surface area contributed by atoms with E-state index in [0.29, 0.717) is 28.7 Å². The van der Waals surface area contributed by atoms with Gasteiger partial charge in [0.2, 0.25) is 0 Å². The van der Waals surface area contributed by atoms with E-state index in [-0.39, 0.29) is 5.91 Å². The molecule has 0 unspecified atom stereocenters. The van der Waals surface area contributed by atoms with Crippen LogP contribution in [0.15, 0.2) is 42.5 Å². The summed E-state index contributed by atoms with van der Waals surface area (Å²) in [6, 6.07) is 13.6. The van der Waals surface area contributed by atoms with E-state index in [9.17, 15) is 4.79 Å². The van der Waals surface area contributed by atoms with Gasteiger partial charge in [-0.1, -0.05) is 17.7 Å². The Balaban J connectivity index is 1.52. The van der Waals surface area contributed by atoms with Crippen LogP contribution in [0.4, 0.5) is 5.69 Å². The molecule has 0 bridgehead atoms. The lowest BCUT2D eigenvalue weighted by Gasteiger charge is -2.36. The first kappa shape index (κ1) is 18.9. The number of halogens is 1. The van der Waals surface area contributed by atoms with Crippen LogP contribution in [0.3, 0.4) is 0 Å². The molecule has 1 aromatic heterocycles. The number of carbonyl (C=O) groups excluding carboxylic acids is 1. The van der Waals surface area contributed by atoms with Gasteiger partial charge < -0.3 is 19.3 Å². The lowest BCUT2D eigenvalue weighted by atomic mass is 10.2. The average Bonchev–Trinajstić information content (AvgIpc) is 3.11. The summed E-state index contributed by atoms with van der Waals surface area (Å²) in [5, 5.41) is 1.52. The lowest BCUT2D eigenvalue weighted by Crippen LogP contribution is -2.48. The molecule has 1 aliphatic heterocycles. The molecule has 3 aromatic rings. The lowest BCUT2D eigenvalue weighted by molar-refractivity contribution is 0.0749. The van der Waals surface area contributed by atoms with Crippen molar-refractivity contribution in [3.63, 3.8) is 0 Å². The summed E-state index contributed by atoms with van der Waals surface area (Å²) >= 11 is 7.58. The SMILES string of the molecule is COc1cccc(N2CCN(C(=O)c3sc4ccc(Cl)cc4c3OC)CC2)c1. The topological polar surface area (TPSA) is 42.0 Å². The minimum Gasteiger partial charge on any atom is -0.497 e. The Morgan fingerprint density at radius 3 is 2.54 bits per heavy atom. The number of piperazine rings is 1. The van der Waals surface area contributed by atoms with E-state index >= 15 is 0 Å². The van der Waals surface area contributed by atoms with Gasteiger partial charge in [0.05, 0.1) is 14.2 Å². The van der Waals surface area contributed by atoms with Crippen molar-refractivity contribution in [2.45, 2.75) is 0 Å². The maximum absolute atomic E-state index is 13.2. The van der Waals surface area contributed by atoms with E-state index in [2.05, 4.69) is 11.0 Å². The molecule has 0 saturated carbocycles. The van der Waals surface area contributed by atoms with Crippen molar-refractivity contribution in [1.82, 2.24) is 4.90 Å². The summed E-state index contributed by atoms with van der Waals surface area (Å²) in [5.41, 5.74) is 1.11. The number of methoxy groups -OCH3 is 2. The summed E-state index contributed by atoms with van der Waals surface area (Å²) in [6.45, 7) is 2.87. The Labute approximate surface area is 173 Å². The van der Waals surface area contributed by atoms with Crippen LogP contribution in [0.1, 0.15) is 9.67 Å². The monoisotopic (exact) mass is 416 g/mol. The van der Waals surface area contributed by atoms with Gasteiger partial charge in [0.25, 0.3) is 5.91 Å². The number of rotatable bonds is 4. The Hall–Kier alpha value is -2.44. The molecule has 2 aromatic carbocycles. The van der Waals surface area contributed by atoms with Gasteiger partial charge in [-0.05, 0) is 30.3 Å². The third-order valence-electron chi connectivity index (χ3n) is 4.99. The summed E-state index contributed by atoms with van der Waals surface area (Å²) in [6.07, 6.45) is 0. The zero-order chi connectivity index (χ0) is 19.7. The molecule has 0 atom stereocenters. The van der Waals surface area contributed by atoms with Crippen molar-refractivity contribution in [3.05, 3.63) is 52.4 Å². The van der Waals surface area contributed by atoms with Crippen LogP contribution in [0.5, 0.6) is 11.5 Å². The van der Waals surface area contributed by atoms with E-state index in [1.165, 1.54) is 11.3 Å². The minimum atomic E-state index is 0.0134. The second-order valence-electron chi connectivity index (χ2n) is 6.59. The van der Waals surface area contributed by atoms with Gasteiger partial charge in [-0.25, -0.2) is 0 Å². The summed E-state index contributed by atoms with van der Waals surface area (Å²) < 4.78 is 11.9. The van der Waals surface area contributed by atoms with E-state index in [1.54, 1.807) is 14.2 Å². The summed E-state index contributed by atoms with van der Waals surface area (Å²) in [4.78, 5) is 18.0. The second kappa shape index (κ2) is 7.89. The molecule has 7 heteroatoms. The molecule has 0 aliphatic carbocycles. The fraction of sp³-hybridized carbons (Fsp3) is 0.286. The van der Waals surface area contributed by atoms with Crippen LogP contribution in [0.25, 0.3) is 10.1 Å². The maximum atomic E-state index is 13.2. The standard InChI is InChI=1S/C21H21ClN2O3S/c1-26-16-5-3-4-15(13-16)23-8-10-24(11-9-23)21(25)20-19(27-2)17-12-14(22)6-7-18(17)28-20/h3-7,12-13H,8-11H2,1-2H3. The van der Waals surface area contributed by atoms with Crippen LogP contribution in [-0.4, -0.2) is 51.2 Å². The quantitative estimate of drug-likeness (QED) is 0.626. The number of benzene rings is 2. The number of anilines is 1. The van der Waals surface area contributed by atoms with E-state index in [4.69, 9.17) is 21.1 Å². The highest BCUT2D eigenvalue weighted by atomic mass is 35.5. The van der Waals surface area contributed by atoms with Gasteiger partial charge in [-0.3, -0.25) is 4.79 Å². The molecule has 1 fully saturated rings. The van der Waals surface area contributed by atoms with Crippen molar-refractivity contribution in [3.8, 4) is 11.5 Å². The molecule has 5 nitrogen and oxygen atoms in total. The molecule has 1 aliphatic rings. The van der Waals surface area contributed by atoms with E-state index in [1.807, 2.05) is 41.3 Å². The van der Waals surface area contributed by atoms with Crippen molar-refractivity contribution in [2.75, 3.05) is 45.3 Å². The summed E-state index contributed by atoms with van der Waals surface area (Å²) in [7, 11) is 3.27. The van der Waals surface area contributed by atoms with Gasteiger partial charge in [0, 0.05) is 53.0 Å². The predicted molar refractivity (Wildman–Crippen MR) is 114 cm³/mol. The van der Waals surface area contributed by atoms with Gasteiger partial charge in [-0.2, -0.15) is 0 Å². The highest BCUT2D eigenvalue weighted by molar-refractivity contribution is 7.21. The minimum absolute atomic E-state index is 0.0134. The van der Waals surface area contributed by atoms with Crippen LogP contribution in [0.2, 0.25) is 5.02 Å². The Bertz CT molecular complexity index is 1010. The molecule has 0 N–H and O–H groups in total. The number of hydrogen-bond donors (Lipinski definition) is 0. The summed E-state index contributed by atoms with van der Waals surface area (Å²) in [5.74, 6) is 1.46. The van der Waals surface area contributed by atoms with Gasteiger partial charge in [0.1, 0.15) is 16.4 Å². The molecule has 28 heavy (non-hydrogen) atoms. The van der Waals surface area contributed by atoms with Crippen molar-refractivity contribution in [1.29, 1.82) is 0 Å². The highest BCUT2D eigenvalue weighted by Crippen LogP contribution is 2.39. The predicted octanol–water partition coefficient (Wildman–Crippen LogP) is 4.53. The molecule has 146 valence electrons. The first-order chi connectivity index (χ1) is 13.6. The van der Waals surface area contributed by atoms with Gasteiger partial charge in [0.15, 0.2) is 0 Å². The highest BCUT2D eigenvalue weighted by Gasteiger charge is 2.27. The van der Waals surface area contributed by atoms with Crippen molar-refractivity contribution >= 4 is 44.6 Å². The maximum Gasteiger partial charge on any atom is 0.267 e. The first-order valence-corrected chi connectivity index (χ1v) is 10.2. The number of nitrogens with zero attached hydrogens (tertiary/aromatic N) is 2. The number of thiophene rings is 1. The van der Waals surface area contributed by atoms with Crippen LogP contribution in [0, 0.1) is 0 Å². The van der Waals surface area contributed by atoms with Crippen LogP contribution in [-0.2, 0) is 0 Å². The molecule has 0 radical (unpaired) electrons. The zero-order valence-corrected chi connectivity index (χ0v) is 17.3. The normalized spacial score (nSPS) is 14.4. The Morgan fingerprint density at radius 2 is 1.82 bits per heavy atom. The van der Waals surface area contributed by atoms with Crippen molar-refractivity contribution in [2.24, 2.45) is 0 Å². The second-order valence-corrected chi connectivity index (χ2v) is 8.07. The number of amides is 1. The molecule has 4 rings (SSSR count). The fourth-order valence-electron chi connectivity index (χ4n) is 3.51. The third kappa shape index (κ3) is 3.50. The number of ether oxygens (including phenoxy) is 2. The molecule has 1 amide bonds. The number of hydrogen-bond acceptors (Lipinski definition) is 5. The van der Waals surface area contributed by atoms with E-state index in [0.717, 1.165) is 34.6 Å². The molecular weight excluding hydrogens is 396 g/mol. The number of carbonyl (C=O) groups is 1. The third-order valence-corrected chi connectivity index (χ3v) is 6.36. The molecular formula is C21H21ClN2O3S. The van der Waals surface area contributed by atoms with Crippen LogP contribution < -0.4 is 14.4 Å². The average molecular weight is 417 g/mol.